The van der Waals surface area contributed by atoms with Gasteiger partial charge in [-0.1, -0.05) is 31.0 Å². The fourth-order valence-electron chi connectivity index (χ4n) is 2.58. The van der Waals surface area contributed by atoms with Gasteiger partial charge in [-0.15, -0.1) is 0 Å². The second kappa shape index (κ2) is 5.61. The van der Waals surface area contributed by atoms with Gasteiger partial charge in [0.1, 0.15) is 0 Å². The minimum absolute atomic E-state index is 0.200. The van der Waals surface area contributed by atoms with Crippen LogP contribution in [0.4, 0.5) is 5.69 Å². The molecule has 1 aliphatic carbocycles. The minimum atomic E-state index is -0.788. The van der Waals surface area contributed by atoms with Crippen molar-refractivity contribution in [2.24, 2.45) is 17.1 Å². The van der Waals surface area contributed by atoms with Crippen molar-refractivity contribution in [2.75, 3.05) is 12.3 Å². The lowest BCUT2D eigenvalue weighted by molar-refractivity contribution is -0.149. The average Bonchev–Trinajstić information content (AvgIpc) is 3.19. The molecule has 0 aliphatic heterocycles. The monoisotopic (exact) mass is 262 g/mol. The summed E-state index contributed by atoms with van der Waals surface area (Å²) in [5.74, 6) is -0.218. The topological polar surface area (TPSA) is 89.3 Å². The molecule has 1 unspecified atom stereocenters. The molecule has 0 bridgehead atoms. The maximum atomic E-state index is 11.6. The number of hydrogen-bond donors (Lipinski definition) is 3. The number of aliphatic carboxylic acids is 1. The van der Waals surface area contributed by atoms with Crippen molar-refractivity contribution >= 4 is 11.7 Å². The van der Waals surface area contributed by atoms with E-state index in [2.05, 4.69) is 0 Å². The molecule has 1 aliphatic rings. The van der Waals surface area contributed by atoms with E-state index in [1.54, 1.807) is 0 Å². The van der Waals surface area contributed by atoms with E-state index in [0.29, 0.717) is 25.2 Å². The highest BCUT2D eigenvalue weighted by Crippen LogP contribution is 2.42. The predicted molar refractivity (Wildman–Crippen MR) is 75.6 cm³/mol. The van der Waals surface area contributed by atoms with Gasteiger partial charge < -0.3 is 16.6 Å². The largest absolute Gasteiger partial charge is 0.481 e. The summed E-state index contributed by atoms with van der Waals surface area (Å²) >= 11 is 0. The van der Waals surface area contributed by atoms with E-state index < -0.39 is 11.4 Å². The van der Waals surface area contributed by atoms with Crippen LogP contribution in [-0.2, 0) is 11.2 Å². The number of carbonyl (C=O) groups is 1. The molecule has 0 spiro atoms. The molecule has 0 amide bonds. The van der Waals surface area contributed by atoms with Gasteiger partial charge in [0.05, 0.1) is 5.41 Å². The molecular weight excluding hydrogens is 240 g/mol. The number of anilines is 1. The highest BCUT2D eigenvalue weighted by molar-refractivity contribution is 5.75. The molecule has 4 heteroatoms. The van der Waals surface area contributed by atoms with Crippen LogP contribution in [0.5, 0.6) is 0 Å². The van der Waals surface area contributed by atoms with Crippen molar-refractivity contribution in [1.29, 1.82) is 0 Å². The lowest BCUT2D eigenvalue weighted by atomic mass is 9.77. The summed E-state index contributed by atoms with van der Waals surface area (Å²) in [6, 6.07) is 7.62. The molecule has 1 aromatic rings. The Balaban J connectivity index is 2.07. The van der Waals surface area contributed by atoms with Gasteiger partial charge in [0, 0.05) is 12.2 Å². The Hall–Kier alpha value is -1.55. The lowest BCUT2D eigenvalue weighted by Gasteiger charge is -2.28. The number of nitrogen functional groups attached to an aromatic ring is 1. The molecule has 0 saturated heterocycles. The highest BCUT2D eigenvalue weighted by Gasteiger charge is 2.41. The van der Waals surface area contributed by atoms with Crippen LogP contribution in [0, 0.1) is 11.3 Å². The summed E-state index contributed by atoms with van der Waals surface area (Å²) in [5.41, 5.74) is 12.6. The third kappa shape index (κ3) is 3.26. The van der Waals surface area contributed by atoms with Gasteiger partial charge in [-0.25, -0.2) is 0 Å². The Morgan fingerprint density at radius 1 is 1.37 bits per heavy atom. The highest BCUT2D eigenvalue weighted by atomic mass is 16.4. The first-order valence-electron chi connectivity index (χ1n) is 6.84. The van der Waals surface area contributed by atoms with E-state index in [-0.39, 0.29) is 6.54 Å². The summed E-state index contributed by atoms with van der Waals surface area (Å²) in [5, 5.41) is 9.54. The number of benzene rings is 1. The van der Waals surface area contributed by atoms with Crippen LogP contribution in [0.2, 0.25) is 0 Å². The summed E-state index contributed by atoms with van der Waals surface area (Å²) in [6.45, 7) is 0.200. The molecule has 5 N–H and O–H groups in total. The van der Waals surface area contributed by atoms with Crippen LogP contribution in [-0.4, -0.2) is 17.6 Å². The SMILES string of the molecule is NCC(CCc1ccccc1N)(CC1CC1)C(=O)O. The number of para-hydroxylation sites is 1. The van der Waals surface area contributed by atoms with E-state index in [4.69, 9.17) is 11.5 Å². The lowest BCUT2D eigenvalue weighted by Crippen LogP contribution is -2.39. The first-order chi connectivity index (χ1) is 9.07. The first-order valence-corrected chi connectivity index (χ1v) is 6.84. The number of aryl methyl sites for hydroxylation is 1. The Bertz CT molecular complexity index is 457. The Labute approximate surface area is 113 Å². The van der Waals surface area contributed by atoms with E-state index in [0.717, 1.165) is 24.1 Å². The van der Waals surface area contributed by atoms with Gasteiger partial charge in [0.15, 0.2) is 0 Å². The normalized spacial score (nSPS) is 17.9. The minimum Gasteiger partial charge on any atom is -0.481 e. The molecule has 0 radical (unpaired) electrons. The zero-order valence-corrected chi connectivity index (χ0v) is 11.1. The van der Waals surface area contributed by atoms with Crippen LogP contribution in [0.25, 0.3) is 0 Å². The molecule has 1 atom stereocenters. The summed E-state index contributed by atoms with van der Waals surface area (Å²) in [6.07, 6.45) is 4.21. The number of hydrogen-bond acceptors (Lipinski definition) is 3. The molecule has 1 aromatic carbocycles. The summed E-state index contributed by atoms with van der Waals surface area (Å²) < 4.78 is 0. The fraction of sp³-hybridized carbons (Fsp3) is 0.533. The van der Waals surface area contributed by atoms with E-state index in [9.17, 15) is 9.90 Å². The molecule has 1 saturated carbocycles. The Kier molecular flexibility index (Phi) is 4.10. The zero-order valence-electron chi connectivity index (χ0n) is 11.1. The number of rotatable bonds is 7. The van der Waals surface area contributed by atoms with Crippen LogP contribution in [0.15, 0.2) is 24.3 Å². The molecular formula is C15H22N2O2. The van der Waals surface area contributed by atoms with Crippen LogP contribution in [0.3, 0.4) is 0 Å². The van der Waals surface area contributed by atoms with E-state index in [1.807, 2.05) is 24.3 Å². The third-order valence-electron chi connectivity index (χ3n) is 4.15. The van der Waals surface area contributed by atoms with Gasteiger partial charge in [-0.05, 0) is 36.8 Å². The average molecular weight is 262 g/mol. The van der Waals surface area contributed by atoms with Crippen molar-refractivity contribution in [3.8, 4) is 0 Å². The number of carboxylic acid groups (broad SMARTS) is 1. The third-order valence-corrected chi connectivity index (χ3v) is 4.15. The number of carboxylic acids is 1. The molecule has 104 valence electrons. The second-order valence-electron chi connectivity index (χ2n) is 5.64. The van der Waals surface area contributed by atoms with Crippen molar-refractivity contribution in [3.05, 3.63) is 29.8 Å². The van der Waals surface area contributed by atoms with Crippen molar-refractivity contribution < 1.29 is 9.90 Å². The second-order valence-corrected chi connectivity index (χ2v) is 5.64. The van der Waals surface area contributed by atoms with Crippen LogP contribution < -0.4 is 11.5 Å². The quantitative estimate of drug-likeness (QED) is 0.656. The Morgan fingerprint density at radius 3 is 2.58 bits per heavy atom. The number of nitrogens with two attached hydrogens (primary N) is 2. The molecule has 0 heterocycles. The summed E-state index contributed by atoms with van der Waals surface area (Å²) in [7, 11) is 0. The van der Waals surface area contributed by atoms with Gasteiger partial charge >= 0.3 is 5.97 Å². The van der Waals surface area contributed by atoms with E-state index >= 15 is 0 Å². The zero-order chi connectivity index (χ0) is 13.9. The first kappa shape index (κ1) is 13.9. The van der Waals surface area contributed by atoms with Gasteiger partial charge in [-0.2, -0.15) is 0 Å². The maximum Gasteiger partial charge on any atom is 0.310 e. The molecule has 2 rings (SSSR count). The maximum absolute atomic E-state index is 11.6. The molecule has 4 nitrogen and oxygen atoms in total. The van der Waals surface area contributed by atoms with Crippen LogP contribution >= 0.6 is 0 Å². The Morgan fingerprint density at radius 2 is 2.05 bits per heavy atom. The van der Waals surface area contributed by atoms with Gasteiger partial charge in [-0.3, -0.25) is 4.79 Å². The van der Waals surface area contributed by atoms with E-state index in [1.165, 1.54) is 0 Å². The van der Waals surface area contributed by atoms with Crippen molar-refractivity contribution in [2.45, 2.75) is 32.1 Å². The predicted octanol–water partition coefficient (Wildman–Crippen LogP) is 2.03. The van der Waals surface area contributed by atoms with Gasteiger partial charge in [0.25, 0.3) is 0 Å². The van der Waals surface area contributed by atoms with Gasteiger partial charge in [0.2, 0.25) is 0 Å². The molecule has 19 heavy (non-hydrogen) atoms. The van der Waals surface area contributed by atoms with Crippen LogP contribution in [0.1, 0.15) is 31.2 Å². The summed E-state index contributed by atoms with van der Waals surface area (Å²) in [4.78, 5) is 11.6. The smallest absolute Gasteiger partial charge is 0.310 e. The standard InChI is InChI=1S/C15H22N2O2/c16-10-15(14(18)19,9-11-5-6-11)8-7-12-3-1-2-4-13(12)17/h1-4,11H,5-10,16-17H2,(H,18,19). The fourth-order valence-corrected chi connectivity index (χ4v) is 2.58. The van der Waals surface area contributed by atoms with Crippen molar-refractivity contribution in [1.82, 2.24) is 0 Å². The molecule has 1 fully saturated rings. The van der Waals surface area contributed by atoms with Crippen molar-refractivity contribution in [3.63, 3.8) is 0 Å². The molecule has 0 aromatic heterocycles.